The van der Waals surface area contributed by atoms with Gasteiger partial charge in [0.2, 0.25) is 5.91 Å². The van der Waals surface area contributed by atoms with Gasteiger partial charge in [-0.1, -0.05) is 12.1 Å². The fourth-order valence-corrected chi connectivity index (χ4v) is 3.09. The van der Waals surface area contributed by atoms with Crippen molar-refractivity contribution in [3.8, 4) is 0 Å². The molecule has 2 saturated heterocycles. The summed E-state index contributed by atoms with van der Waals surface area (Å²) in [7, 11) is 0. The zero-order chi connectivity index (χ0) is 15.0. The van der Waals surface area contributed by atoms with E-state index in [4.69, 9.17) is 5.11 Å². The molecule has 0 bridgehead atoms. The molecule has 3 heterocycles. The van der Waals surface area contributed by atoms with E-state index < -0.39 is 11.5 Å². The third-order valence-corrected chi connectivity index (χ3v) is 4.51. The maximum Gasteiger partial charge on any atom is 0.358 e. The molecule has 0 spiro atoms. The van der Waals surface area contributed by atoms with Gasteiger partial charge in [-0.25, -0.2) is 9.48 Å². The van der Waals surface area contributed by atoms with Crippen LogP contribution in [-0.4, -0.2) is 62.0 Å². The van der Waals surface area contributed by atoms with Crippen LogP contribution in [0.4, 0.5) is 0 Å². The van der Waals surface area contributed by atoms with Crippen LogP contribution in [0.25, 0.3) is 0 Å². The molecule has 8 nitrogen and oxygen atoms in total. The van der Waals surface area contributed by atoms with Gasteiger partial charge in [0.15, 0.2) is 5.69 Å². The van der Waals surface area contributed by atoms with Crippen molar-refractivity contribution in [1.29, 1.82) is 0 Å². The summed E-state index contributed by atoms with van der Waals surface area (Å²) in [5, 5.41) is 19.6. The lowest BCUT2D eigenvalue weighted by Crippen LogP contribution is -2.61. The van der Waals surface area contributed by atoms with Crippen LogP contribution < -0.4 is 5.32 Å². The maximum atomic E-state index is 12.6. The second-order valence-corrected chi connectivity index (χ2v) is 5.72. The highest BCUT2D eigenvalue weighted by atomic mass is 16.4. The van der Waals surface area contributed by atoms with Gasteiger partial charge in [0.25, 0.3) is 0 Å². The number of hydrogen-bond acceptors (Lipinski definition) is 5. The fraction of sp³-hybridized carbons (Fsp3) is 0.692. The molecule has 2 N–H and O–H groups in total. The summed E-state index contributed by atoms with van der Waals surface area (Å²) in [6, 6.07) is 0.0184. The van der Waals surface area contributed by atoms with Gasteiger partial charge < -0.3 is 15.3 Å². The first kappa shape index (κ1) is 14.0. The van der Waals surface area contributed by atoms with Crippen LogP contribution >= 0.6 is 0 Å². The fourth-order valence-electron chi connectivity index (χ4n) is 3.09. The van der Waals surface area contributed by atoms with Crippen LogP contribution in [0.15, 0.2) is 6.20 Å². The molecule has 8 heteroatoms. The molecule has 3 rings (SSSR count). The number of rotatable bonds is 4. The highest BCUT2D eigenvalue weighted by molar-refractivity contribution is 5.87. The Morgan fingerprint density at radius 1 is 1.52 bits per heavy atom. The molecule has 1 aromatic heterocycles. The zero-order valence-corrected chi connectivity index (χ0v) is 11.9. The van der Waals surface area contributed by atoms with Crippen LogP contribution in [0.2, 0.25) is 0 Å². The van der Waals surface area contributed by atoms with Crippen LogP contribution in [0.5, 0.6) is 0 Å². The molecule has 2 aliphatic heterocycles. The van der Waals surface area contributed by atoms with Crippen LogP contribution in [0, 0.1) is 0 Å². The summed E-state index contributed by atoms with van der Waals surface area (Å²) in [6.07, 6.45) is 4.12. The number of aromatic nitrogens is 3. The molecule has 0 saturated carbocycles. The van der Waals surface area contributed by atoms with Gasteiger partial charge in [-0.05, 0) is 25.8 Å². The summed E-state index contributed by atoms with van der Waals surface area (Å²) >= 11 is 0. The SMILES string of the molecule is CCC1(C(=O)N2CC(n3cc(C(=O)O)nn3)C2)CCCN1. The van der Waals surface area contributed by atoms with Gasteiger partial charge in [-0.2, -0.15) is 0 Å². The number of amides is 1. The number of likely N-dealkylation sites (tertiary alicyclic amines) is 1. The number of carbonyl (C=O) groups excluding carboxylic acids is 1. The Morgan fingerprint density at radius 3 is 2.81 bits per heavy atom. The predicted molar refractivity (Wildman–Crippen MR) is 72.9 cm³/mol. The van der Waals surface area contributed by atoms with Crippen molar-refractivity contribution in [1.82, 2.24) is 25.2 Å². The molecule has 1 unspecified atom stereocenters. The molecule has 0 aliphatic carbocycles. The first-order valence-electron chi connectivity index (χ1n) is 7.25. The average molecular weight is 293 g/mol. The number of carboxylic acids is 1. The van der Waals surface area contributed by atoms with E-state index in [-0.39, 0.29) is 17.6 Å². The molecule has 0 aromatic carbocycles. The Labute approximate surface area is 122 Å². The minimum Gasteiger partial charge on any atom is -0.476 e. The van der Waals surface area contributed by atoms with E-state index in [0.29, 0.717) is 13.1 Å². The second-order valence-electron chi connectivity index (χ2n) is 5.72. The lowest BCUT2D eigenvalue weighted by molar-refractivity contribution is -0.144. The number of aromatic carboxylic acids is 1. The summed E-state index contributed by atoms with van der Waals surface area (Å²) in [5.74, 6) is -0.939. The lowest BCUT2D eigenvalue weighted by Gasteiger charge is -2.43. The smallest absolute Gasteiger partial charge is 0.358 e. The average Bonchev–Trinajstić information content (AvgIpc) is 3.06. The highest BCUT2D eigenvalue weighted by Gasteiger charge is 2.45. The van der Waals surface area contributed by atoms with E-state index in [2.05, 4.69) is 15.6 Å². The van der Waals surface area contributed by atoms with E-state index in [1.54, 1.807) is 0 Å². The summed E-state index contributed by atoms with van der Waals surface area (Å²) in [4.78, 5) is 25.2. The molecule has 114 valence electrons. The number of nitrogens with zero attached hydrogens (tertiary/aromatic N) is 4. The van der Waals surface area contributed by atoms with E-state index in [1.807, 2.05) is 11.8 Å². The van der Waals surface area contributed by atoms with Crippen molar-refractivity contribution in [2.45, 2.75) is 37.8 Å². The lowest BCUT2D eigenvalue weighted by atomic mass is 9.90. The monoisotopic (exact) mass is 293 g/mol. The molecule has 0 radical (unpaired) electrons. The van der Waals surface area contributed by atoms with E-state index in [9.17, 15) is 9.59 Å². The van der Waals surface area contributed by atoms with E-state index >= 15 is 0 Å². The number of nitrogens with one attached hydrogen (secondary N) is 1. The van der Waals surface area contributed by atoms with Crippen molar-refractivity contribution >= 4 is 11.9 Å². The van der Waals surface area contributed by atoms with Crippen LogP contribution in [0.3, 0.4) is 0 Å². The van der Waals surface area contributed by atoms with Crippen LogP contribution in [0.1, 0.15) is 42.7 Å². The highest BCUT2D eigenvalue weighted by Crippen LogP contribution is 2.30. The molecule has 2 fully saturated rings. The largest absolute Gasteiger partial charge is 0.476 e. The van der Waals surface area contributed by atoms with Gasteiger partial charge in [0, 0.05) is 13.1 Å². The summed E-state index contributed by atoms with van der Waals surface area (Å²) in [6.45, 7) is 4.04. The zero-order valence-electron chi connectivity index (χ0n) is 11.9. The molecule has 21 heavy (non-hydrogen) atoms. The normalized spacial score (nSPS) is 25.9. The topological polar surface area (TPSA) is 100 Å². The summed E-state index contributed by atoms with van der Waals surface area (Å²) in [5.41, 5.74) is -0.471. The molecular formula is C13H19N5O3. The van der Waals surface area contributed by atoms with Gasteiger partial charge in [0.05, 0.1) is 17.8 Å². The third-order valence-electron chi connectivity index (χ3n) is 4.51. The number of hydrogen-bond donors (Lipinski definition) is 2. The molecule has 1 atom stereocenters. The van der Waals surface area contributed by atoms with Crippen molar-refractivity contribution in [2.24, 2.45) is 0 Å². The van der Waals surface area contributed by atoms with E-state index in [0.717, 1.165) is 25.8 Å². The first-order valence-corrected chi connectivity index (χ1v) is 7.25. The van der Waals surface area contributed by atoms with Crippen molar-refractivity contribution in [3.63, 3.8) is 0 Å². The Bertz CT molecular complexity index is 558. The maximum absolute atomic E-state index is 12.6. The third kappa shape index (κ3) is 2.29. The molecule has 1 amide bonds. The molecule has 1 aromatic rings. The quantitative estimate of drug-likeness (QED) is 0.803. The second kappa shape index (κ2) is 5.10. The Kier molecular flexibility index (Phi) is 3.40. The Hall–Kier alpha value is -1.96. The van der Waals surface area contributed by atoms with Crippen molar-refractivity contribution in [2.75, 3.05) is 19.6 Å². The molecular weight excluding hydrogens is 274 g/mol. The van der Waals surface area contributed by atoms with Crippen molar-refractivity contribution in [3.05, 3.63) is 11.9 Å². The van der Waals surface area contributed by atoms with Crippen LogP contribution in [-0.2, 0) is 4.79 Å². The van der Waals surface area contributed by atoms with Gasteiger partial charge in [0.1, 0.15) is 0 Å². The van der Waals surface area contributed by atoms with E-state index in [1.165, 1.54) is 10.9 Å². The Morgan fingerprint density at radius 2 is 2.29 bits per heavy atom. The van der Waals surface area contributed by atoms with Gasteiger partial charge in [-0.15, -0.1) is 5.10 Å². The minimum absolute atomic E-state index is 0.0184. The predicted octanol–water partition coefficient (Wildman–Crippen LogP) is -0.108. The Balaban J connectivity index is 1.62. The van der Waals surface area contributed by atoms with Crippen molar-refractivity contribution < 1.29 is 14.7 Å². The summed E-state index contributed by atoms with van der Waals surface area (Å²) < 4.78 is 1.54. The van der Waals surface area contributed by atoms with Gasteiger partial charge in [-0.3, -0.25) is 4.79 Å². The number of carbonyl (C=O) groups is 2. The first-order chi connectivity index (χ1) is 10.1. The minimum atomic E-state index is -1.09. The standard InChI is InChI=1S/C13H19N5O3/c1-2-13(4-3-5-14-13)12(21)17-6-9(7-17)18-8-10(11(19)20)15-16-18/h8-9,14H,2-7H2,1H3,(H,19,20). The van der Waals surface area contributed by atoms with Gasteiger partial charge >= 0.3 is 5.97 Å². The number of carboxylic acid groups (broad SMARTS) is 1. The molecule has 2 aliphatic rings.